The van der Waals surface area contributed by atoms with Crippen LogP contribution in [0.25, 0.3) is 10.9 Å². The highest BCUT2D eigenvalue weighted by molar-refractivity contribution is 5.85. The van der Waals surface area contributed by atoms with Crippen molar-refractivity contribution in [1.29, 1.82) is 0 Å². The molecule has 1 unspecified atom stereocenters. The zero-order valence-electron chi connectivity index (χ0n) is 10.8. The normalized spacial score (nSPS) is 13.1. The first-order valence-electron chi connectivity index (χ1n) is 6.27. The van der Waals surface area contributed by atoms with Gasteiger partial charge in [-0.3, -0.25) is 0 Å². The van der Waals surface area contributed by atoms with Crippen LogP contribution in [0.15, 0.2) is 30.5 Å². The number of para-hydroxylation sites is 1. The Labute approximate surface area is 107 Å². The maximum Gasteiger partial charge on any atom is 0.143 e. The van der Waals surface area contributed by atoms with E-state index in [0.29, 0.717) is 12.6 Å². The van der Waals surface area contributed by atoms with Crippen LogP contribution >= 0.6 is 0 Å². The van der Waals surface area contributed by atoms with Gasteiger partial charge in [0, 0.05) is 24.2 Å². The highest BCUT2D eigenvalue weighted by Gasteiger charge is 2.08. The molecule has 98 valence electrons. The van der Waals surface area contributed by atoms with Gasteiger partial charge in [0.25, 0.3) is 0 Å². The molecule has 0 saturated heterocycles. The SMILES string of the molecule is C[11CH](C)NCC(O)COc1cccc2cc[nH]c12. The molecule has 0 fully saturated rings. The second-order valence-electron chi connectivity index (χ2n) is 4.73. The Morgan fingerprint density at radius 3 is 2.94 bits per heavy atom. The standard InChI is InChI=1S/C14H20N2O2/c1-10(2)16-8-12(17)9-18-13-5-3-4-11-6-7-15-14(11)13/h3-7,10,12,15-17H,8-9H2,1-2H3/i10-1. The van der Waals surface area contributed by atoms with Crippen LogP contribution in [0, 0.1) is 0 Å². The lowest BCUT2D eigenvalue weighted by Gasteiger charge is -2.15. The number of nitrogens with one attached hydrogen (secondary N) is 2. The molecular weight excluding hydrogens is 227 g/mol. The number of benzene rings is 1. The van der Waals surface area contributed by atoms with Crippen molar-refractivity contribution >= 4 is 10.9 Å². The minimum atomic E-state index is -0.502. The maximum absolute atomic E-state index is 9.78. The Kier molecular flexibility index (Phi) is 4.23. The molecule has 1 aromatic heterocycles. The molecule has 0 bridgehead atoms. The van der Waals surface area contributed by atoms with Gasteiger partial charge < -0.3 is 20.1 Å². The lowest BCUT2D eigenvalue weighted by Crippen LogP contribution is -2.35. The van der Waals surface area contributed by atoms with Gasteiger partial charge in [-0.1, -0.05) is 26.0 Å². The fraction of sp³-hybridized carbons (Fsp3) is 0.429. The third-order valence-corrected chi connectivity index (χ3v) is 2.74. The van der Waals surface area contributed by atoms with E-state index in [0.717, 1.165) is 16.7 Å². The lowest BCUT2D eigenvalue weighted by molar-refractivity contribution is 0.105. The van der Waals surface area contributed by atoms with Crippen molar-refractivity contribution in [3.63, 3.8) is 0 Å². The number of aromatic nitrogens is 1. The average Bonchev–Trinajstić information content (AvgIpc) is 2.82. The predicted molar refractivity (Wildman–Crippen MR) is 72.9 cm³/mol. The quantitative estimate of drug-likeness (QED) is 0.731. The van der Waals surface area contributed by atoms with Crippen molar-refractivity contribution < 1.29 is 9.84 Å². The second-order valence-corrected chi connectivity index (χ2v) is 4.73. The fourth-order valence-electron chi connectivity index (χ4n) is 1.79. The number of aliphatic hydroxyl groups is 1. The topological polar surface area (TPSA) is 57.3 Å². The van der Waals surface area contributed by atoms with Crippen LogP contribution in [0.2, 0.25) is 0 Å². The van der Waals surface area contributed by atoms with Crippen LogP contribution < -0.4 is 10.1 Å². The number of fused-ring (bicyclic) bond motifs is 1. The van der Waals surface area contributed by atoms with Crippen LogP contribution in [0.3, 0.4) is 0 Å². The van der Waals surface area contributed by atoms with Gasteiger partial charge in [-0.05, 0) is 12.1 Å². The zero-order valence-corrected chi connectivity index (χ0v) is 10.8. The van der Waals surface area contributed by atoms with E-state index in [4.69, 9.17) is 4.74 Å². The first kappa shape index (κ1) is 12.9. The van der Waals surface area contributed by atoms with Gasteiger partial charge in [-0.2, -0.15) is 0 Å². The molecular formula is C14H20N2O2. The summed E-state index contributed by atoms with van der Waals surface area (Å²) in [6.45, 7) is 4.93. The van der Waals surface area contributed by atoms with Crippen molar-refractivity contribution in [2.24, 2.45) is 0 Å². The summed E-state index contributed by atoms with van der Waals surface area (Å²) in [5, 5.41) is 14.1. The van der Waals surface area contributed by atoms with Crippen molar-refractivity contribution in [2.45, 2.75) is 26.0 Å². The molecule has 4 heteroatoms. The molecule has 1 atom stereocenters. The van der Waals surface area contributed by atoms with Gasteiger partial charge in [0.1, 0.15) is 18.5 Å². The fourth-order valence-corrected chi connectivity index (χ4v) is 1.79. The minimum Gasteiger partial charge on any atom is -0.489 e. The number of ether oxygens (including phenoxy) is 1. The highest BCUT2D eigenvalue weighted by Crippen LogP contribution is 2.23. The van der Waals surface area contributed by atoms with Gasteiger partial charge in [0.2, 0.25) is 0 Å². The molecule has 0 amide bonds. The van der Waals surface area contributed by atoms with Gasteiger partial charge in [0.05, 0.1) is 5.52 Å². The number of hydrogen-bond acceptors (Lipinski definition) is 3. The van der Waals surface area contributed by atoms with Gasteiger partial charge in [-0.15, -0.1) is 0 Å². The lowest BCUT2D eigenvalue weighted by atomic mass is 9.82. The summed E-state index contributed by atoms with van der Waals surface area (Å²) in [7, 11) is 0. The van der Waals surface area contributed by atoms with E-state index in [-0.39, 0.29) is 6.61 Å². The average molecular weight is 247 g/mol. The highest BCUT2D eigenvalue weighted by atomic mass is 16.5. The number of H-pyrrole nitrogens is 1. The van der Waals surface area contributed by atoms with Crippen LogP contribution in [-0.4, -0.2) is 35.4 Å². The molecule has 0 aliphatic carbocycles. The molecule has 0 aliphatic rings. The zero-order chi connectivity index (χ0) is 13.0. The van der Waals surface area contributed by atoms with Crippen LogP contribution in [0.5, 0.6) is 5.75 Å². The third-order valence-electron chi connectivity index (χ3n) is 2.74. The van der Waals surface area contributed by atoms with Crippen LogP contribution in [0.1, 0.15) is 13.8 Å². The summed E-state index contributed by atoms with van der Waals surface area (Å²) in [4.78, 5) is 3.14. The Bertz CT molecular complexity index is 493. The first-order chi connectivity index (χ1) is 8.66. The monoisotopic (exact) mass is 247 g/mol. The number of hydrogen-bond donors (Lipinski definition) is 3. The number of rotatable bonds is 6. The Hall–Kier alpha value is -1.52. The molecule has 18 heavy (non-hydrogen) atoms. The van der Waals surface area contributed by atoms with Crippen molar-refractivity contribution in [2.75, 3.05) is 13.2 Å². The van der Waals surface area contributed by atoms with Gasteiger partial charge in [0.15, 0.2) is 0 Å². The van der Waals surface area contributed by atoms with E-state index in [1.54, 1.807) is 0 Å². The second kappa shape index (κ2) is 5.89. The van der Waals surface area contributed by atoms with Gasteiger partial charge >= 0.3 is 0 Å². The molecule has 0 saturated carbocycles. The Morgan fingerprint density at radius 1 is 1.33 bits per heavy atom. The van der Waals surface area contributed by atoms with Crippen molar-refractivity contribution in [3.8, 4) is 5.75 Å². The molecule has 1 aromatic carbocycles. The van der Waals surface area contributed by atoms with Crippen LogP contribution in [0.4, 0.5) is 0 Å². The molecule has 0 spiro atoms. The Morgan fingerprint density at radius 2 is 2.17 bits per heavy atom. The van der Waals surface area contributed by atoms with E-state index < -0.39 is 6.10 Å². The van der Waals surface area contributed by atoms with Gasteiger partial charge in [-0.25, -0.2) is 0 Å². The maximum atomic E-state index is 9.78. The third kappa shape index (κ3) is 3.24. The van der Waals surface area contributed by atoms with E-state index in [1.807, 2.05) is 44.3 Å². The number of aromatic amines is 1. The van der Waals surface area contributed by atoms with E-state index in [2.05, 4.69) is 10.3 Å². The molecule has 2 aromatic rings. The molecule has 0 aliphatic heterocycles. The van der Waals surface area contributed by atoms with E-state index in [9.17, 15) is 5.11 Å². The summed E-state index contributed by atoms with van der Waals surface area (Å²) in [5.74, 6) is 0.779. The van der Waals surface area contributed by atoms with E-state index in [1.165, 1.54) is 0 Å². The summed E-state index contributed by atoms with van der Waals surface area (Å²) >= 11 is 0. The summed E-state index contributed by atoms with van der Waals surface area (Å²) in [6, 6.07) is 8.24. The summed E-state index contributed by atoms with van der Waals surface area (Å²) in [5.41, 5.74) is 0.974. The van der Waals surface area contributed by atoms with E-state index >= 15 is 0 Å². The molecule has 3 N–H and O–H groups in total. The summed E-state index contributed by atoms with van der Waals surface area (Å²) < 4.78 is 5.65. The largest absolute Gasteiger partial charge is 0.489 e. The molecule has 0 radical (unpaired) electrons. The molecule has 1 heterocycles. The first-order valence-corrected chi connectivity index (χ1v) is 6.27. The summed E-state index contributed by atoms with van der Waals surface area (Å²) in [6.07, 6.45) is 1.38. The number of aliphatic hydroxyl groups excluding tert-OH is 1. The molecule has 2 rings (SSSR count). The smallest absolute Gasteiger partial charge is 0.143 e. The predicted octanol–water partition coefficient (Wildman–Crippen LogP) is 1.91. The van der Waals surface area contributed by atoms with Crippen LogP contribution in [-0.2, 0) is 0 Å². The van der Waals surface area contributed by atoms with Crippen molar-refractivity contribution in [1.82, 2.24) is 10.3 Å². The minimum absolute atomic E-state index is 0.290. The Balaban J connectivity index is 1.91. The molecule has 4 nitrogen and oxygen atoms in total. The van der Waals surface area contributed by atoms with Crippen molar-refractivity contribution in [3.05, 3.63) is 30.5 Å².